The number of ether oxygens (including phenoxy) is 1. The molecule has 3 amide bonds. The molecule has 0 radical (unpaired) electrons. The molecule has 1 aromatic heterocycles. The van der Waals surface area contributed by atoms with Crippen LogP contribution in [0.15, 0.2) is 138 Å². The van der Waals surface area contributed by atoms with Gasteiger partial charge in [-0.25, -0.2) is 9.37 Å². The maximum Gasteiger partial charge on any atom is 0.272 e. The molecule has 49 heavy (non-hydrogen) atoms. The van der Waals surface area contributed by atoms with E-state index in [2.05, 4.69) is 20.9 Å². The molecule has 0 aliphatic rings. The summed E-state index contributed by atoms with van der Waals surface area (Å²) < 4.78 is 19.8. The number of carbonyl (C=O) groups is 3. The molecular weight excluding hydrogens is 660 g/mol. The lowest BCUT2D eigenvalue weighted by Crippen LogP contribution is -2.30. The highest BCUT2D eigenvalue weighted by Gasteiger charge is 2.24. The molecule has 0 aliphatic carbocycles. The zero-order valence-corrected chi connectivity index (χ0v) is 27.7. The quantitative estimate of drug-likeness (QED) is 0.0933. The van der Waals surface area contributed by atoms with Gasteiger partial charge in [0.1, 0.15) is 22.5 Å². The third-order valence-electron chi connectivity index (χ3n) is 7.22. The van der Waals surface area contributed by atoms with E-state index in [-0.39, 0.29) is 11.6 Å². The van der Waals surface area contributed by atoms with Gasteiger partial charge in [-0.1, -0.05) is 78.1 Å². The van der Waals surface area contributed by atoms with E-state index in [1.165, 1.54) is 53.4 Å². The highest BCUT2D eigenvalue weighted by atomic mass is 32.2. The van der Waals surface area contributed by atoms with Crippen LogP contribution < -0.4 is 20.7 Å². The first-order valence-corrected chi connectivity index (χ1v) is 16.8. The number of benzene rings is 5. The Morgan fingerprint density at radius 3 is 2.31 bits per heavy atom. The lowest BCUT2D eigenvalue weighted by molar-refractivity contribution is -0.116. The Balaban J connectivity index is 1.22. The van der Waals surface area contributed by atoms with E-state index in [4.69, 9.17) is 4.74 Å². The highest BCUT2D eigenvalue weighted by molar-refractivity contribution is 8.00. The number of thiazole rings is 1. The van der Waals surface area contributed by atoms with Crippen molar-refractivity contribution in [1.82, 2.24) is 10.3 Å². The standard InChI is InChI=1S/C38H29FN4O4S2/c1-47-29-19-20-31-33(23-29)49-38(42-31)43-37(46)34(25-9-4-2-5-10-25)48-30-14-8-13-28(22-30)40-36(45)32(21-24-15-17-27(39)18-16-24)41-35(44)26-11-6-3-7-12-26/h2-23,34H,1H3,(H,40,45)(H,41,44)(H,42,43,46)/b32-21-. The van der Waals surface area contributed by atoms with Crippen LogP contribution in [0.4, 0.5) is 15.2 Å². The first-order valence-electron chi connectivity index (χ1n) is 15.1. The summed E-state index contributed by atoms with van der Waals surface area (Å²) in [7, 11) is 1.60. The van der Waals surface area contributed by atoms with Crippen LogP contribution in [0.5, 0.6) is 5.75 Å². The molecule has 1 heterocycles. The molecule has 11 heteroatoms. The Labute approximate surface area is 290 Å². The summed E-state index contributed by atoms with van der Waals surface area (Å²) in [5.41, 5.74) is 2.84. The van der Waals surface area contributed by atoms with Gasteiger partial charge in [-0.15, -0.1) is 11.8 Å². The molecular formula is C38H29FN4O4S2. The third kappa shape index (κ3) is 8.58. The van der Waals surface area contributed by atoms with Crippen molar-refractivity contribution in [1.29, 1.82) is 0 Å². The summed E-state index contributed by atoms with van der Waals surface area (Å²) in [4.78, 5) is 45.6. The first kappa shape index (κ1) is 33.1. The fraction of sp³-hybridized carbons (Fsp3) is 0.0526. The average Bonchev–Trinajstić information content (AvgIpc) is 3.53. The SMILES string of the molecule is COc1ccc2nc(NC(=O)C(Sc3cccc(NC(=O)/C(=C/c4ccc(F)cc4)NC(=O)c4ccccc4)c3)c3ccccc3)sc2c1. The number of methoxy groups -OCH3 is 1. The van der Waals surface area contributed by atoms with Crippen LogP contribution >= 0.6 is 23.1 Å². The van der Waals surface area contributed by atoms with Gasteiger partial charge in [-0.3, -0.25) is 14.4 Å². The van der Waals surface area contributed by atoms with E-state index in [0.29, 0.717) is 32.6 Å². The normalized spacial score (nSPS) is 11.8. The van der Waals surface area contributed by atoms with Crippen molar-refractivity contribution in [2.45, 2.75) is 10.1 Å². The van der Waals surface area contributed by atoms with Crippen molar-refractivity contribution in [3.8, 4) is 5.75 Å². The minimum atomic E-state index is -0.646. The molecule has 0 aliphatic heterocycles. The van der Waals surface area contributed by atoms with Gasteiger partial charge in [0.2, 0.25) is 5.91 Å². The number of fused-ring (bicyclic) bond motifs is 1. The summed E-state index contributed by atoms with van der Waals surface area (Å²) in [6, 6.07) is 36.1. The van der Waals surface area contributed by atoms with E-state index in [1.54, 1.807) is 55.6 Å². The third-order valence-corrected chi connectivity index (χ3v) is 9.40. The minimum absolute atomic E-state index is 0.0338. The molecule has 8 nitrogen and oxygen atoms in total. The minimum Gasteiger partial charge on any atom is -0.497 e. The van der Waals surface area contributed by atoms with Gasteiger partial charge >= 0.3 is 0 Å². The van der Waals surface area contributed by atoms with Gasteiger partial charge in [0, 0.05) is 16.1 Å². The first-order chi connectivity index (χ1) is 23.8. The number of hydrogen-bond donors (Lipinski definition) is 3. The average molecular weight is 689 g/mol. The summed E-state index contributed by atoms with van der Waals surface area (Å²) in [5, 5.41) is 8.33. The lowest BCUT2D eigenvalue weighted by atomic mass is 10.1. The molecule has 0 saturated carbocycles. The molecule has 3 N–H and O–H groups in total. The second-order valence-electron chi connectivity index (χ2n) is 10.7. The monoisotopic (exact) mass is 688 g/mol. The number of aromatic nitrogens is 1. The van der Waals surface area contributed by atoms with Crippen LogP contribution in [0.1, 0.15) is 26.7 Å². The van der Waals surface area contributed by atoms with Crippen molar-refractivity contribution in [3.63, 3.8) is 0 Å². The van der Waals surface area contributed by atoms with Crippen LogP contribution in [0.2, 0.25) is 0 Å². The molecule has 1 atom stereocenters. The number of thioether (sulfide) groups is 1. The van der Waals surface area contributed by atoms with Crippen LogP contribution in [0.25, 0.3) is 16.3 Å². The Hall–Kier alpha value is -5.78. The molecule has 0 bridgehead atoms. The molecule has 5 aromatic carbocycles. The van der Waals surface area contributed by atoms with Gasteiger partial charge in [0.15, 0.2) is 5.13 Å². The van der Waals surface area contributed by atoms with Crippen LogP contribution in [0.3, 0.4) is 0 Å². The summed E-state index contributed by atoms with van der Waals surface area (Å²) in [5.74, 6) is -1.04. The summed E-state index contributed by atoms with van der Waals surface area (Å²) in [6.45, 7) is 0. The van der Waals surface area contributed by atoms with Crippen molar-refractivity contribution in [2.75, 3.05) is 17.7 Å². The molecule has 1 unspecified atom stereocenters. The topological polar surface area (TPSA) is 109 Å². The molecule has 0 spiro atoms. The molecule has 6 aromatic rings. The number of hydrogen-bond acceptors (Lipinski definition) is 7. The van der Waals surface area contributed by atoms with Crippen molar-refractivity contribution >= 4 is 67.9 Å². The lowest BCUT2D eigenvalue weighted by Gasteiger charge is -2.17. The zero-order chi connectivity index (χ0) is 34.2. The largest absolute Gasteiger partial charge is 0.497 e. The van der Waals surface area contributed by atoms with E-state index >= 15 is 0 Å². The molecule has 0 fully saturated rings. The summed E-state index contributed by atoms with van der Waals surface area (Å²) in [6.07, 6.45) is 1.47. The van der Waals surface area contributed by atoms with Gasteiger partial charge in [0.25, 0.3) is 11.8 Å². The number of nitrogens with one attached hydrogen (secondary N) is 3. The smallest absolute Gasteiger partial charge is 0.272 e. The maximum atomic E-state index is 13.8. The number of rotatable bonds is 11. The molecule has 6 rings (SSSR count). The fourth-order valence-electron chi connectivity index (χ4n) is 4.81. The van der Waals surface area contributed by atoms with Crippen molar-refractivity contribution < 1.29 is 23.5 Å². The summed E-state index contributed by atoms with van der Waals surface area (Å²) >= 11 is 2.67. The Bertz CT molecular complexity index is 2140. The van der Waals surface area contributed by atoms with E-state index in [9.17, 15) is 18.8 Å². The molecule has 244 valence electrons. The maximum absolute atomic E-state index is 13.8. The number of anilines is 2. The van der Waals surface area contributed by atoms with Crippen molar-refractivity contribution in [3.05, 3.63) is 156 Å². The predicted molar refractivity (Wildman–Crippen MR) is 193 cm³/mol. The fourth-order valence-corrected chi connectivity index (χ4v) is 6.79. The Kier molecular flexibility index (Phi) is 10.4. The number of amides is 3. The zero-order valence-electron chi connectivity index (χ0n) is 26.1. The van der Waals surface area contributed by atoms with E-state index in [0.717, 1.165) is 15.8 Å². The van der Waals surface area contributed by atoms with Crippen molar-refractivity contribution in [2.24, 2.45) is 0 Å². The Morgan fingerprint density at radius 1 is 0.837 bits per heavy atom. The van der Waals surface area contributed by atoms with Crippen LogP contribution in [-0.2, 0) is 9.59 Å². The van der Waals surface area contributed by atoms with Gasteiger partial charge < -0.3 is 20.7 Å². The number of nitrogens with zero attached hydrogens (tertiary/aromatic N) is 1. The van der Waals surface area contributed by atoms with Crippen LogP contribution in [0, 0.1) is 5.82 Å². The predicted octanol–water partition coefficient (Wildman–Crippen LogP) is 8.33. The van der Waals surface area contributed by atoms with Gasteiger partial charge in [-0.2, -0.15) is 0 Å². The highest BCUT2D eigenvalue weighted by Crippen LogP contribution is 2.38. The van der Waals surface area contributed by atoms with Gasteiger partial charge in [0.05, 0.1) is 17.3 Å². The number of halogens is 1. The van der Waals surface area contributed by atoms with E-state index in [1.807, 2.05) is 54.6 Å². The Morgan fingerprint density at radius 2 is 1.57 bits per heavy atom. The second-order valence-corrected chi connectivity index (χ2v) is 12.9. The van der Waals surface area contributed by atoms with Crippen LogP contribution in [-0.4, -0.2) is 29.8 Å². The second kappa shape index (κ2) is 15.4. The number of carbonyl (C=O) groups excluding carboxylic acids is 3. The van der Waals surface area contributed by atoms with Gasteiger partial charge in [-0.05, 0) is 77.9 Å². The molecule has 0 saturated heterocycles. The van der Waals surface area contributed by atoms with E-state index < -0.39 is 22.9 Å².